The van der Waals surface area contributed by atoms with Gasteiger partial charge in [0, 0.05) is 19.1 Å². The minimum atomic E-state index is 0.509. The first-order chi connectivity index (χ1) is 8.35. The predicted octanol–water partition coefficient (Wildman–Crippen LogP) is 1.06. The molecule has 1 fully saturated rings. The molecule has 0 aromatic carbocycles. The Labute approximate surface area is 102 Å². The van der Waals surface area contributed by atoms with Gasteiger partial charge in [-0.15, -0.1) is 0 Å². The van der Waals surface area contributed by atoms with Crippen molar-refractivity contribution in [2.45, 2.75) is 25.3 Å². The summed E-state index contributed by atoms with van der Waals surface area (Å²) in [5.41, 5.74) is 0. The van der Waals surface area contributed by atoms with E-state index in [0.717, 1.165) is 18.9 Å². The molecule has 0 spiro atoms. The summed E-state index contributed by atoms with van der Waals surface area (Å²) in [5.74, 6) is 1.50. The summed E-state index contributed by atoms with van der Waals surface area (Å²) < 4.78 is 5.12. The number of nitrogens with zero attached hydrogens (tertiary/aromatic N) is 3. The fourth-order valence-electron chi connectivity index (χ4n) is 2.33. The second kappa shape index (κ2) is 5.82. The number of hydrogen-bond acceptors (Lipinski definition) is 5. The molecule has 1 saturated heterocycles. The highest BCUT2D eigenvalue weighted by Crippen LogP contribution is 2.23. The van der Waals surface area contributed by atoms with Crippen molar-refractivity contribution in [2.24, 2.45) is 0 Å². The SMILES string of the molecule is CNCC1CCCCN1c1cncc(OC)n1. The van der Waals surface area contributed by atoms with E-state index in [1.54, 1.807) is 13.3 Å². The molecule has 1 aliphatic heterocycles. The minimum Gasteiger partial charge on any atom is -0.480 e. The van der Waals surface area contributed by atoms with Gasteiger partial charge in [0.25, 0.3) is 0 Å². The molecule has 1 aliphatic rings. The number of hydrogen-bond donors (Lipinski definition) is 1. The highest BCUT2D eigenvalue weighted by molar-refractivity contribution is 5.39. The van der Waals surface area contributed by atoms with Gasteiger partial charge in [-0.25, -0.2) is 0 Å². The predicted molar refractivity (Wildman–Crippen MR) is 67.5 cm³/mol. The first-order valence-electron chi connectivity index (χ1n) is 6.12. The third kappa shape index (κ3) is 2.85. The van der Waals surface area contributed by atoms with Crippen molar-refractivity contribution in [1.82, 2.24) is 15.3 Å². The Bertz CT molecular complexity index is 356. The fourth-order valence-corrected chi connectivity index (χ4v) is 2.33. The Morgan fingerprint density at radius 1 is 1.47 bits per heavy atom. The van der Waals surface area contributed by atoms with E-state index in [4.69, 9.17) is 4.74 Å². The summed E-state index contributed by atoms with van der Waals surface area (Å²) in [6, 6.07) is 0.509. The number of likely N-dealkylation sites (N-methyl/N-ethyl adjacent to an activating group) is 1. The normalized spacial score (nSPS) is 20.4. The molecular formula is C12H20N4O. The summed E-state index contributed by atoms with van der Waals surface area (Å²) in [6.45, 7) is 2.03. The zero-order chi connectivity index (χ0) is 12.1. The van der Waals surface area contributed by atoms with E-state index in [9.17, 15) is 0 Å². The Morgan fingerprint density at radius 3 is 3.12 bits per heavy atom. The van der Waals surface area contributed by atoms with Crippen LogP contribution in [0.15, 0.2) is 12.4 Å². The van der Waals surface area contributed by atoms with E-state index in [1.165, 1.54) is 19.3 Å². The van der Waals surface area contributed by atoms with Crippen LogP contribution in [0.5, 0.6) is 5.88 Å². The van der Waals surface area contributed by atoms with Crippen LogP contribution < -0.4 is 15.0 Å². The molecule has 0 bridgehead atoms. The van der Waals surface area contributed by atoms with E-state index in [-0.39, 0.29) is 0 Å². The molecule has 0 amide bonds. The lowest BCUT2D eigenvalue weighted by molar-refractivity contribution is 0.392. The number of piperidine rings is 1. The van der Waals surface area contributed by atoms with Gasteiger partial charge in [0.15, 0.2) is 5.82 Å². The standard InChI is InChI=1S/C12H20N4O/c1-13-7-10-5-3-4-6-16(10)11-8-14-9-12(15-11)17-2/h8-10,13H,3-7H2,1-2H3. The number of methoxy groups -OCH3 is 1. The van der Waals surface area contributed by atoms with Crippen LogP contribution in [0.4, 0.5) is 5.82 Å². The molecular weight excluding hydrogens is 216 g/mol. The average Bonchev–Trinajstić information content (AvgIpc) is 2.40. The van der Waals surface area contributed by atoms with Gasteiger partial charge in [-0.05, 0) is 26.3 Å². The number of aromatic nitrogens is 2. The van der Waals surface area contributed by atoms with Gasteiger partial charge in [-0.1, -0.05) is 0 Å². The van der Waals surface area contributed by atoms with E-state index < -0.39 is 0 Å². The lowest BCUT2D eigenvalue weighted by Crippen LogP contribution is -2.45. The van der Waals surface area contributed by atoms with Crippen LogP contribution in [-0.2, 0) is 0 Å². The summed E-state index contributed by atoms with van der Waals surface area (Å²) in [7, 11) is 3.61. The molecule has 5 nitrogen and oxygen atoms in total. The Hall–Kier alpha value is -1.36. The van der Waals surface area contributed by atoms with Crippen LogP contribution in [0.1, 0.15) is 19.3 Å². The quantitative estimate of drug-likeness (QED) is 0.847. The van der Waals surface area contributed by atoms with Crippen LogP contribution >= 0.6 is 0 Å². The summed E-state index contributed by atoms with van der Waals surface area (Å²) in [4.78, 5) is 11.0. The van der Waals surface area contributed by atoms with Crippen molar-refractivity contribution in [3.05, 3.63) is 12.4 Å². The second-order valence-electron chi connectivity index (χ2n) is 4.32. The smallest absolute Gasteiger partial charge is 0.233 e. The number of anilines is 1. The summed E-state index contributed by atoms with van der Waals surface area (Å²) in [5, 5.41) is 3.24. The number of ether oxygens (including phenoxy) is 1. The molecule has 0 aliphatic carbocycles. The molecule has 1 aromatic rings. The van der Waals surface area contributed by atoms with E-state index in [1.807, 2.05) is 13.2 Å². The minimum absolute atomic E-state index is 0.509. The summed E-state index contributed by atoms with van der Waals surface area (Å²) in [6.07, 6.45) is 7.18. The van der Waals surface area contributed by atoms with Crippen LogP contribution in [0.25, 0.3) is 0 Å². The van der Waals surface area contributed by atoms with Crippen molar-refractivity contribution < 1.29 is 4.74 Å². The second-order valence-corrected chi connectivity index (χ2v) is 4.32. The lowest BCUT2D eigenvalue weighted by atomic mass is 10.0. The van der Waals surface area contributed by atoms with Crippen molar-refractivity contribution in [1.29, 1.82) is 0 Å². The first-order valence-corrected chi connectivity index (χ1v) is 6.12. The molecule has 1 N–H and O–H groups in total. The molecule has 0 radical (unpaired) electrons. The molecule has 2 heterocycles. The fraction of sp³-hybridized carbons (Fsp3) is 0.667. The Kier molecular flexibility index (Phi) is 4.14. The molecule has 1 aromatic heterocycles. The Morgan fingerprint density at radius 2 is 2.35 bits per heavy atom. The van der Waals surface area contributed by atoms with E-state index in [0.29, 0.717) is 11.9 Å². The maximum atomic E-state index is 5.12. The van der Waals surface area contributed by atoms with Gasteiger partial charge in [0.05, 0.1) is 19.5 Å². The summed E-state index contributed by atoms with van der Waals surface area (Å²) >= 11 is 0. The topological polar surface area (TPSA) is 50.3 Å². The van der Waals surface area contributed by atoms with Crippen molar-refractivity contribution in [3.8, 4) is 5.88 Å². The number of rotatable bonds is 4. The molecule has 94 valence electrons. The molecule has 17 heavy (non-hydrogen) atoms. The monoisotopic (exact) mass is 236 g/mol. The molecule has 0 saturated carbocycles. The van der Waals surface area contributed by atoms with Crippen LogP contribution in [0, 0.1) is 0 Å². The van der Waals surface area contributed by atoms with Gasteiger partial charge >= 0.3 is 0 Å². The van der Waals surface area contributed by atoms with E-state index >= 15 is 0 Å². The van der Waals surface area contributed by atoms with Crippen molar-refractivity contribution in [3.63, 3.8) is 0 Å². The largest absolute Gasteiger partial charge is 0.480 e. The molecule has 2 rings (SSSR count). The van der Waals surface area contributed by atoms with Crippen molar-refractivity contribution in [2.75, 3.05) is 32.1 Å². The third-order valence-corrected chi connectivity index (χ3v) is 3.17. The third-order valence-electron chi connectivity index (χ3n) is 3.17. The van der Waals surface area contributed by atoms with Gasteiger partial charge in [0.1, 0.15) is 0 Å². The average molecular weight is 236 g/mol. The molecule has 5 heteroatoms. The number of nitrogens with one attached hydrogen (secondary N) is 1. The maximum absolute atomic E-state index is 5.12. The van der Waals surface area contributed by atoms with E-state index in [2.05, 4.69) is 20.2 Å². The zero-order valence-electron chi connectivity index (χ0n) is 10.5. The van der Waals surface area contributed by atoms with Gasteiger partial charge in [0.2, 0.25) is 5.88 Å². The van der Waals surface area contributed by atoms with Crippen LogP contribution in [-0.4, -0.2) is 43.3 Å². The van der Waals surface area contributed by atoms with Gasteiger partial charge in [-0.3, -0.25) is 4.98 Å². The van der Waals surface area contributed by atoms with Crippen LogP contribution in [0.3, 0.4) is 0 Å². The molecule has 1 unspecified atom stereocenters. The highest BCUT2D eigenvalue weighted by atomic mass is 16.5. The first kappa shape index (κ1) is 12.1. The van der Waals surface area contributed by atoms with Crippen molar-refractivity contribution >= 4 is 5.82 Å². The zero-order valence-corrected chi connectivity index (χ0v) is 10.5. The molecule has 1 atom stereocenters. The lowest BCUT2D eigenvalue weighted by Gasteiger charge is -2.36. The maximum Gasteiger partial charge on any atom is 0.233 e. The van der Waals surface area contributed by atoms with Gasteiger partial charge in [-0.2, -0.15) is 4.98 Å². The Balaban J connectivity index is 2.16. The van der Waals surface area contributed by atoms with Gasteiger partial charge < -0.3 is 15.0 Å². The highest BCUT2D eigenvalue weighted by Gasteiger charge is 2.23. The van der Waals surface area contributed by atoms with Crippen LogP contribution in [0.2, 0.25) is 0 Å².